The summed E-state index contributed by atoms with van der Waals surface area (Å²) in [5.74, 6) is 1.31. The van der Waals surface area contributed by atoms with E-state index in [0.717, 1.165) is 26.8 Å². The van der Waals surface area contributed by atoms with Crippen LogP contribution < -0.4 is 9.47 Å². The maximum Gasteiger partial charge on any atom is 0.174 e. The van der Waals surface area contributed by atoms with Gasteiger partial charge in [0, 0.05) is 21.8 Å². The van der Waals surface area contributed by atoms with Crippen LogP contribution in [0.25, 0.3) is 0 Å². The Morgan fingerprint density at radius 1 is 1.03 bits per heavy atom. The van der Waals surface area contributed by atoms with Gasteiger partial charge < -0.3 is 9.47 Å². The van der Waals surface area contributed by atoms with Gasteiger partial charge in [-0.2, -0.15) is 0 Å². The molecule has 0 unspecified atom stereocenters. The van der Waals surface area contributed by atoms with Gasteiger partial charge in [-0.05, 0) is 76.5 Å². The minimum absolute atomic E-state index is 0.319. The molecule has 0 N–H and O–H groups in total. The molecule has 3 aromatic carbocycles. The highest BCUT2D eigenvalue weighted by Crippen LogP contribution is 2.35. The van der Waals surface area contributed by atoms with Crippen molar-refractivity contribution < 1.29 is 9.47 Å². The minimum Gasteiger partial charge on any atom is -0.493 e. The lowest BCUT2D eigenvalue weighted by Gasteiger charge is -2.14. The minimum atomic E-state index is 0.319. The predicted octanol–water partition coefficient (Wildman–Crippen LogP) is 7.50. The lowest BCUT2D eigenvalue weighted by Crippen LogP contribution is -2.01. The maximum atomic E-state index is 6.24. The first kappa shape index (κ1) is 21.9. The van der Waals surface area contributed by atoms with Gasteiger partial charge in [0.15, 0.2) is 11.5 Å². The second-order valence-electron chi connectivity index (χ2n) is 6.34. The van der Waals surface area contributed by atoms with Crippen molar-refractivity contribution in [3.63, 3.8) is 0 Å². The summed E-state index contributed by atoms with van der Waals surface area (Å²) in [6, 6.07) is 17.5. The van der Waals surface area contributed by atoms with Gasteiger partial charge in [-0.15, -0.1) is 0 Å². The second-order valence-corrected chi connectivity index (χ2v) is 8.34. The van der Waals surface area contributed by atoms with E-state index in [9.17, 15) is 0 Å². The van der Waals surface area contributed by atoms with Gasteiger partial charge in [0.2, 0.25) is 0 Å². The third kappa shape index (κ3) is 5.87. The molecule has 0 aliphatic carbocycles. The molecule has 0 bridgehead atoms. The number of benzene rings is 3. The van der Waals surface area contributed by atoms with Gasteiger partial charge >= 0.3 is 0 Å². The lowest BCUT2D eigenvalue weighted by atomic mass is 10.1. The van der Waals surface area contributed by atoms with E-state index < -0.39 is 0 Å². The summed E-state index contributed by atoms with van der Waals surface area (Å²) in [4.78, 5) is 4.56. The van der Waals surface area contributed by atoms with Gasteiger partial charge in [-0.3, -0.25) is 4.99 Å². The van der Waals surface area contributed by atoms with Crippen LogP contribution in [0, 0.1) is 3.57 Å². The van der Waals surface area contributed by atoms with Crippen molar-refractivity contribution >= 4 is 57.7 Å². The number of halogens is 3. The first-order valence-electron chi connectivity index (χ1n) is 9.07. The molecule has 6 heteroatoms. The Morgan fingerprint density at radius 3 is 2.45 bits per heavy atom. The fourth-order valence-electron chi connectivity index (χ4n) is 2.71. The number of aliphatic imine (C=N–C) groups is 1. The molecule has 29 heavy (non-hydrogen) atoms. The van der Waals surface area contributed by atoms with E-state index >= 15 is 0 Å². The van der Waals surface area contributed by atoms with E-state index in [1.165, 1.54) is 5.56 Å². The normalized spacial score (nSPS) is 11.1. The first-order chi connectivity index (χ1) is 14.0. The lowest BCUT2D eigenvalue weighted by molar-refractivity contribution is 0.282. The van der Waals surface area contributed by atoms with E-state index in [1.54, 1.807) is 19.2 Å². The number of aryl methyl sites for hydroxylation is 1. The van der Waals surface area contributed by atoms with Crippen molar-refractivity contribution in [1.29, 1.82) is 0 Å². The number of nitrogens with zero attached hydrogens (tertiary/aromatic N) is 1. The average molecular weight is 540 g/mol. The zero-order valence-electron chi connectivity index (χ0n) is 16.1. The zero-order chi connectivity index (χ0) is 20.8. The van der Waals surface area contributed by atoms with Crippen molar-refractivity contribution in [2.75, 3.05) is 7.11 Å². The maximum absolute atomic E-state index is 6.24. The molecule has 3 rings (SSSR count). The van der Waals surface area contributed by atoms with Crippen LogP contribution in [0.2, 0.25) is 10.0 Å². The van der Waals surface area contributed by atoms with Crippen molar-refractivity contribution in [1.82, 2.24) is 0 Å². The summed E-state index contributed by atoms with van der Waals surface area (Å²) < 4.78 is 12.5. The summed E-state index contributed by atoms with van der Waals surface area (Å²) in [5, 5.41) is 1.17. The van der Waals surface area contributed by atoms with Gasteiger partial charge in [0.05, 0.1) is 16.4 Å². The van der Waals surface area contributed by atoms with Gasteiger partial charge in [0.25, 0.3) is 0 Å². The molecule has 0 aliphatic heterocycles. The van der Waals surface area contributed by atoms with Crippen LogP contribution in [0.1, 0.15) is 23.6 Å². The Labute approximate surface area is 194 Å². The largest absolute Gasteiger partial charge is 0.493 e. The zero-order valence-corrected chi connectivity index (χ0v) is 19.8. The Morgan fingerprint density at radius 2 is 1.79 bits per heavy atom. The molecular weight excluding hydrogens is 520 g/mol. The Hall–Kier alpha value is -1.76. The summed E-state index contributed by atoms with van der Waals surface area (Å²) in [6.45, 7) is 2.45. The molecule has 150 valence electrons. The van der Waals surface area contributed by atoms with Crippen LogP contribution in [-0.2, 0) is 13.0 Å². The molecule has 0 heterocycles. The van der Waals surface area contributed by atoms with Crippen LogP contribution >= 0.6 is 45.8 Å². The Kier molecular flexibility index (Phi) is 7.81. The van der Waals surface area contributed by atoms with Crippen molar-refractivity contribution in [2.45, 2.75) is 20.0 Å². The van der Waals surface area contributed by atoms with Crippen molar-refractivity contribution in [3.8, 4) is 11.5 Å². The summed E-state index contributed by atoms with van der Waals surface area (Å²) >= 11 is 14.4. The molecule has 0 radical (unpaired) electrons. The molecule has 0 saturated heterocycles. The topological polar surface area (TPSA) is 30.8 Å². The first-order valence-corrected chi connectivity index (χ1v) is 10.9. The van der Waals surface area contributed by atoms with Gasteiger partial charge in [0.1, 0.15) is 6.61 Å². The number of hydrogen-bond donors (Lipinski definition) is 0. The van der Waals surface area contributed by atoms with Crippen LogP contribution in [0.15, 0.2) is 59.6 Å². The molecule has 0 spiro atoms. The van der Waals surface area contributed by atoms with Crippen LogP contribution in [0.4, 0.5) is 5.69 Å². The predicted molar refractivity (Wildman–Crippen MR) is 130 cm³/mol. The molecule has 0 aromatic heterocycles. The smallest absolute Gasteiger partial charge is 0.174 e. The van der Waals surface area contributed by atoms with Gasteiger partial charge in [-0.1, -0.05) is 48.3 Å². The Bertz CT molecular complexity index is 1020. The number of hydrogen-bond acceptors (Lipinski definition) is 3. The van der Waals surface area contributed by atoms with E-state index in [4.69, 9.17) is 32.7 Å². The molecule has 0 fully saturated rings. The molecule has 0 amide bonds. The van der Waals surface area contributed by atoms with E-state index in [1.807, 2.05) is 36.5 Å². The number of ether oxygens (including phenoxy) is 2. The SMILES string of the molecule is CCc1ccc(N=Cc2cc(I)c(OCc3ccc(Cl)cc3Cl)c(OC)c2)cc1. The number of rotatable bonds is 7. The summed E-state index contributed by atoms with van der Waals surface area (Å²) in [6.07, 6.45) is 2.84. The molecular formula is C23H20Cl2INO2. The molecule has 0 atom stereocenters. The monoisotopic (exact) mass is 539 g/mol. The highest BCUT2D eigenvalue weighted by atomic mass is 127. The fourth-order valence-corrected chi connectivity index (χ4v) is 3.95. The molecule has 0 saturated carbocycles. The van der Waals surface area contributed by atoms with Crippen LogP contribution in [0.3, 0.4) is 0 Å². The number of methoxy groups -OCH3 is 1. The van der Waals surface area contributed by atoms with Crippen molar-refractivity contribution in [3.05, 3.63) is 84.9 Å². The highest BCUT2D eigenvalue weighted by Gasteiger charge is 2.12. The standard InChI is InChI=1S/C23H20Cl2INO2/c1-3-15-4-8-19(9-5-15)27-13-16-10-21(26)23(22(11-16)28-2)29-14-17-6-7-18(24)12-20(17)25/h4-13H,3,14H2,1-2H3. The van der Waals surface area contributed by atoms with Crippen molar-refractivity contribution in [2.24, 2.45) is 4.99 Å². The molecule has 3 nitrogen and oxygen atoms in total. The fraction of sp³-hybridized carbons (Fsp3) is 0.174. The van der Waals surface area contributed by atoms with E-state index in [0.29, 0.717) is 28.2 Å². The summed E-state index contributed by atoms with van der Waals surface area (Å²) in [7, 11) is 1.62. The van der Waals surface area contributed by atoms with Crippen LogP contribution in [0.5, 0.6) is 11.5 Å². The van der Waals surface area contributed by atoms with E-state index in [-0.39, 0.29) is 0 Å². The summed E-state index contributed by atoms with van der Waals surface area (Å²) in [5.41, 5.74) is 3.99. The second kappa shape index (κ2) is 10.3. The van der Waals surface area contributed by atoms with Crippen LogP contribution in [-0.4, -0.2) is 13.3 Å². The third-order valence-corrected chi connectivity index (χ3v) is 5.73. The molecule has 0 aliphatic rings. The third-order valence-electron chi connectivity index (χ3n) is 4.35. The van der Waals surface area contributed by atoms with Gasteiger partial charge in [-0.25, -0.2) is 0 Å². The quantitative estimate of drug-likeness (QED) is 0.230. The Balaban J connectivity index is 1.78. The van der Waals surface area contributed by atoms with E-state index in [2.05, 4.69) is 46.6 Å². The molecule has 3 aromatic rings. The average Bonchev–Trinajstić information content (AvgIpc) is 2.72. The highest BCUT2D eigenvalue weighted by molar-refractivity contribution is 14.1.